The van der Waals surface area contributed by atoms with E-state index in [0.29, 0.717) is 35.2 Å². The van der Waals surface area contributed by atoms with E-state index in [1.807, 2.05) is 6.07 Å². The van der Waals surface area contributed by atoms with Crippen LogP contribution in [0, 0.1) is 11.3 Å². The summed E-state index contributed by atoms with van der Waals surface area (Å²) < 4.78 is 24.9. The Hall–Kier alpha value is -5.01. The summed E-state index contributed by atoms with van der Waals surface area (Å²) in [5, 5.41) is 32.5. The molecule has 0 bridgehead atoms. The highest BCUT2D eigenvalue weighted by atomic mass is 32.2. The molecule has 3 amide bonds. The number of benzene rings is 1. The van der Waals surface area contributed by atoms with E-state index in [1.165, 1.54) is 15.6 Å². The van der Waals surface area contributed by atoms with Crippen molar-refractivity contribution in [2.75, 3.05) is 16.5 Å². The summed E-state index contributed by atoms with van der Waals surface area (Å²) in [5.74, 6) is 0.599. The van der Waals surface area contributed by atoms with Gasteiger partial charge in [0, 0.05) is 23.4 Å². The number of carbonyl (C=O) groups is 3. The number of ether oxygens (including phenoxy) is 2. The van der Waals surface area contributed by atoms with Crippen molar-refractivity contribution in [3.8, 4) is 6.07 Å². The summed E-state index contributed by atoms with van der Waals surface area (Å²) in [5.41, 5.74) is 0.915. The van der Waals surface area contributed by atoms with Crippen molar-refractivity contribution in [2.24, 2.45) is 0 Å². The normalized spacial score (nSPS) is 14.2. The lowest BCUT2D eigenvalue weighted by atomic mass is 9.97. The zero-order valence-corrected chi connectivity index (χ0v) is 29.6. The Morgan fingerprint density at radius 3 is 2.24 bits per heavy atom. The Bertz CT molecular complexity index is 1770. The van der Waals surface area contributed by atoms with Crippen molar-refractivity contribution in [3.05, 3.63) is 53.2 Å². The van der Waals surface area contributed by atoms with Gasteiger partial charge in [-0.3, -0.25) is 15.5 Å². The first-order valence-corrected chi connectivity index (χ1v) is 17.3. The molecule has 262 valence electrons. The minimum atomic E-state index is -1.31. The third-order valence-electron chi connectivity index (χ3n) is 6.93. The predicted octanol–water partition coefficient (Wildman–Crippen LogP) is 5.65. The fraction of sp³-hybridized carbons (Fsp3) is 0.455. The SMILES string of the molecule is CC=C(c1ccc(Nc2cc(N(C(=O)O)C3CC3)n3ncc(C#N)c3n2)cc1C[S+](C)[O-])C(NC(=O)OC(C)(C)C)NC(=O)OC(C)(C)C. The standard InChI is InChI=1S/C33H42N8O7S/c1-9-23(27(38-29(42)47-32(2,3)4)39-30(43)48-33(5,6)7)24-13-10-21(14-19(24)18-49(8)46)36-25-15-26(40(31(44)45)22-11-12-22)41-28(37-25)20(16-34)17-35-41/h9-10,13-15,17,22,27H,11-12,18H2,1-8H3,(H,36,37)(H,38,42)(H,39,43)(H,44,45). The molecule has 1 aromatic carbocycles. The van der Waals surface area contributed by atoms with Crippen LogP contribution in [0.3, 0.4) is 0 Å². The van der Waals surface area contributed by atoms with Crippen LogP contribution in [0.25, 0.3) is 11.2 Å². The molecule has 0 aliphatic heterocycles. The second kappa shape index (κ2) is 14.6. The molecule has 49 heavy (non-hydrogen) atoms. The minimum Gasteiger partial charge on any atom is -0.616 e. The molecular formula is C33H42N8O7S. The van der Waals surface area contributed by atoms with Gasteiger partial charge in [0.15, 0.2) is 5.65 Å². The topological polar surface area (TPSA) is 206 Å². The van der Waals surface area contributed by atoms with Crippen LogP contribution in [-0.4, -0.2) is 72.2 Å². The Labute approximate surface area is 287 Å². The first kappa shape index (κ1) is 36.8. The van der Waals surface area contributed by atoms with Crippen molar-refractivity contribution in [3.63, 3.8) is 0 Å². The number of allylic oxidation sites excluding steroid dienone is 1. The molecule has 2 heterocycles. The third kappa shape index (κ3) is 9.77. The van der Waals surface area contributed by atoms with Crippen molar-refractivity contribution >= 4 is 58.0 Å². The molecule has 1 atom stereocenters. The smallest absolute Gasteiger partial charge is 0.413 e. The molecule has 1 aliphatic carbocycles. The van der Waals surface area contributed by atoms with E-state index in [4.69, 9.17) is 9.47 Å². The zero-order valence-electron chi connectivity index (χ0n) is 28.8. The van der Waals surface area contributed by atoms with Gasteiger partial charge in [-0.15, -0.1) is 0 Å². The molecular weight excluding hydrogens is 652 g/mol. The molecule has 0 saturated heterocycles. The largest absolute Gasteiger partial charge is 0.616 e. The molecule has 15 nitrogen and oxygen atoms in total. The first-order chi connectivity index (χ1) is 22.9. The van der Waals surface area contributed by atoms with Crippen LogP contribution in [0.4, 0.5) is 31.7 Å². The van der Waals surface area contributed by atoms with Crippen LogP contribution < -0.4 is 20.9 Å². The zero-order chi connectivity index (χ0) is 36.3. The lowest BCUT2D eigenvalue weighted by Gasteiger charge is -2.28. The van der Waals surface area contributed by atoms with Gasteiger partial charge in [0.25, 0.3) is 0 Å². The number of carbonyl (C=O) groups excluding carboxylic acids is 2. The van der Waals surface area contributed by atoms with Crippen LogP contribution in [-0.2, 0) is 26.4 Å². The maximum absolute atomic E-state index is 12.9. The van der Waals surface area contributed by atoms with Crippen LogP contribution in [0.2, 0.25) is 0 Å². The predicted molar refractivity (Wildman–Crippen MR) is 185 cm³/mol. The summed E-state index contributed by atoms with van der Waals surface area (Å²) in [7, 11) is 0. The fourth-order valence-corrected chi connectivity index (χ4v) is 5.67. The molecule has 1 aliphatic rings. The lowest BCUT2D eigenvalue weighted by molar-refractivity contribution is 0.0450. The van der Waals surface area contributed by atoms with Gasteiger partial charge in [-0.1, -0.05) is 23.3 Å². The van der Waals surface area contributed by atoms with E-state index in [0.717, 1.165) is 0 Å². The van der Waals surface area contributed by atoms with E-state index in [-0.39, 0.29) is 34.6 Å². The Morgan fingerprint density at radius 2 is 1.76 bits per heavy atom. The number of fused-ring (bicyclic) bond motifs is 1. The second-order valence-electron chi connectivity index (χ2n) is 13.5. The molecule has 0 radical (unpaired) electrons. The van der Waals surface area contributed by atoms with E-state index < -0.39 is 46.8 Å². The van der Waals surface area contributed by atoms with Gasteiger partial charge >= 0.3 is 18.3 Å². The molecule has 4 N–H and O–H groups in total. The fourth-order valence-electron chi connectivity index (χ4n) is 4.99. The number of nitrogens with one attached hydrogen (secondary N) is 3. The summed E-state index contributed by atoms with van der Waals surface area (Å²) >= 11 is -1.31. The monoisotopic (exact) mass is 694 g/mol. The molecule has 1 unspecified atom stereocenters. The van der Waals surface area contributed by atoms with Crippen molar-refractivity contribution in [2.45, 2.75) is 90.5 Å². The Morgan fingerprint density at radius 1 is 1.14 bits per heavy atom. The van der Waals surface area contributed by atoms with Gasteiger partial charge in [-0.05, 0) is 84.6 Å². The van der Waals surface area contributed by atoms with Crippen LogP contribution >= 0.6 is 0 Å². The number of nitrogens with zero attached hydrogens (tertiary/aromatic N) is 5. The number of aromatic nitrogens is 3. The number of alkyl carbamates (subject to hydrolysis) is 2. The Kier molecular flexibility index (Phi) is 11.0. The van der Waals surface area contributed by atoms with Crippen molar-refractivity contribution in [1.29, 1.82) is 5.26 Å². The average molecular weight is 695 g/mol. The summed E-state index contributed by atoms with van der Waals surface area (Å²) in [6, 6.07) is 8.59. The van der Waals surface area contributed by atoms with Gasteiger partial charge in [0.05, 0.1) is 12.5 Å². The maximum Gasteiger partial charge on any atom is 0.413 e. The third-order valence-corrected chi connectivity index (χ3v) is 7.65. The van der Waals surface area contributed by atoms with Crippen LogP contribution in [0.15, 0.2) is 36.5 Å². The highest BCUT2D eigenvalue weighted by Gasteiger charge is 2.36. The van der Waals surface area contributed by atoms with E-state index in [9.17, 15) is 29.3 Å². The van der Waals surface area contributed by atoms with Gasteiger partial charge in [0.2, 0.25) is 0 Å². The molecule has 16 heteroatoms. The maximum atomic E-state index is 12.9. The first-order valence-electron chi connectivity index (χ1n) is 15.6. The number of rotatable bonds is 10. The van der Waals surface area contributed by atoms with Crippen LogP contribution in [0.5, 0.6) is 0 Å². The van der Waals surface area contributed by atoms with Gasteiger partial charge in [-0.25, -0.2) is 19.4 Å². The number of anilines is 3. The van der Waals surface area contributed by atoms with E-state index in [1.54, 1.807) is 85.1 Å². The Balaban J connectivity index is 1.75. The molecule has 1 fully saturated rings. The van der Waals surface area contributed by atoms with Gasteiger partial charge in [0.1, 0.15) is 46.4 Å². The minimum absolute atomic E-state index is 0.112. The number of nitriles is 1. The average Bonchev–Trinajstić information content (AvgIpc) is 3.69. The highest BCUT2D eigenvalue weighted by Crippen LogP contribution is 2.34. The van der Waals surface area contributed by atoms with E-state index in [2.05, 4.69) is 26.0 Å². The number of hydrogen-bond acceptors (Lipinski definition) is 10. The summed E-state index contributed by atoms with van der Waals surface area (Å²) in [6.07, 6.45) is 2.20. The molecule has 3 aromatic rings. The van der Waals surface area contributed by atoms with Crippen molar-refractivity contribution in [1.82, 2.24) is 25.2 Å². The lowest BCUT2D eigenvalue weighted by Crippen LogP contribution is -2.51. The number of carboxylic acid groups (broad SMARTS) is 1. The molecule has 4 rings (SSSR count). The van der Waals surface area contributed by atoms with Crippen LogP contribution in [0.1, 0.15) is 78.0 Å². The van der Waals surface area contributed by atoms with Crippen molar-refractivity contribution < 1.29 is 33.5 Å². The number of hydrogen-bond donors (Lipinski definition) is 4. The molecule has 0 spiro atoms. The second-order valence-corrected chi connectivity index (χ2v) is 14.9. The van der Waals surface area contributed by atoms with E-state index >= 15 is 0 Å². The van der Waals surface area contributed by atoms with Gasteiger partial charge < -0.3 is 24.4 Å². The highest BCUT2D eigenvalue weighted by molar-refractivity contribution is 7.89. The molecule has 1 saturated carbocycles. The summed E-state index contributed by atoms with van der Waals surface area (Å²) in [6.45, 7) is 12.0. The summed E-state index contributed by atoms with van der Waals surface area (Å²) in [4.78, 5) is 43.8. The number of amides is 3. The molecule has 2 aromatic heterocycles. The quantitative estimate of drug-likeness (QED) is 0.151. The van der Waals surface area contributed by atoms with Gasteiger partial charge in [-0.2, -0.15) is 14.9 Å².